The Labute approximate surface area is 101 Å². The van der Waals surface area contributed by atoms with Gasteiger partial charge in [-0.1, -0.05) is 13.8 Å². The molecule has 0 radical (unpaired) electrons. The predicted octanol–water partition coefficient (Wildman–Crippen LogP) is 1.51. The van der Waals surface area contributed by atoms with Crippen LogP contribution in [0.5, 0.6) is 0 Å². The van der Waals surface area contributed by atoms with E-state index in [1.54, 1.807) is 0 Å². The van der Waals surface area contributed by atoms with E-state index in [0.29, 0.717) is 6.42 Å². The molecule has 0 heterocycles. The standard InChI is InChI=1S/C13H18O4/c1-8(14)17-7-6-13-5-4-9(12(13,2)3)10(15)11(13)16/h9H,4-7H2,1-3H3/t9-,13-/m1/s1. The number of rotatable bonds is 3. The molecule has 0 spiro atoms. The van der Waals surface area contributed by atoms with E-state index in [0.717, 1.165) is 12.8 Å². The predicted molar refractivity (Wildman–Crippen MR) is 60.2 cm³/mol. The molecule has 2 atom stereocenters. The van der Waals surface area contributed by atoms with Crippen LogP contribution in [-0.2, 0) is 19.1 Å². The first kappa shape index (κ1) is 12.3. The average molecular weight is 238 g/mol. The first-order valence-electron chi connectivity index (χ1n) is 6.05. The van der Waals surface area contributed by atoms with Crippen LogP contribution in [0, 0.1) is 16.7 Å². The average Bonchev–Trinajstić information content (AvgIpc) is 2.54. The number of ether oxygens (including phenoxy) is 1. The molecule has 4 nitrogen and oxygen atoms in total. The fourth-order valence-corrected chi connectivity index (χ4v) is 3.60. The molecule has 0 amide bonds. The largest absolute Gasteiger partial charge is 0.466 e. The van der Waals surface area contributed by atoms with Crippen molar-refractivity contribution in [3.63, 3.8) is 0 Å². The van der Waals surface area contributed by atoms with E-state index >= 15 is 0 Å². The molecule has 2 bridgehead atoms. The third-order valence-corrected chi connectivity index (χ3v) is 4.77. The Morgan fingerprint density at radius 3 is 2.53 bits per heavy atom. The van der Waals surface area contributed by atoms with Crippen LogP contribution in [0.1, 0.15) is 40.0 Å². The second-order valence-electron chi connectivity index (χ2n) is 5.68. The van der Waals surface area contributed by atoms with Gasteiger partial charge in [0, 0.05) is 18.3 Å². The number of carbonyl (C=O) groups is 3. The second kappa shape index (κ2) is 3.65. The highest BCUT2D eigenvalue weighted by Gasteiger charge is 2.68. The molecule has 0 aromatic heterocycles. The Morgan fingerprint density at radius 1 is 1.41 bits per heavy atom. The maximum Gasteiger partial charge on any atom is 0.302 e. The second-order valence-corrected chi connectivity index (χ2v) is 5.68. The molecule has 0 aliphatic heterocycles. The number of carbonyl (C=O) groups excluding carboxylic acids is 3. The summed E-state index contributed by atoms with van der Waals surface area (Å²) in [6, 6.07) is 0. The molecular formula is C13H18O4. The molecule has 0 aromatic rings. The van der Waals surface area contributed by atoms with Crippen molar-refractivity contribution in [1.82, 2.24) is 0 Å². The summed E-state index contributed by atoms with van der Waals surface area (Å²) in [5.41, 5.74) is -0.883. The molecule has 0 saturated heterocycles. The van der Waals surface area contributed by atoms with Crippen LogP contribution in [0.3, 0.4) is 0 Å². The molecule has 4 heteroatoms. The third-order valence-electron chi connectivity index (χ3n) is 4.77. The van der Waals surface area contributed by atoms with E-state index in [1.807, 2.05) is 13.8 Å². The summed E-state index contributed by atoms with van der Waals surface area (Å²) in [4.78, 5) is 34.7. The van der Waals surface area contributed by atoms with Crippen molar-refractivity contribution in [2.45, 2.75) is 40.0 Å². The van der Waals surface area contributed by atoms with Gasteiger partial charge in [-0.25, -0.2) is 0 Å². The number of ketones is 2. The molecule has 2 aliphatic rings. The minimum Gasteiger partial charge on any atom is -0.466 e. The van der Waals surface area contributed by atoms with Crippen LogP contribution in [-0.4, -0.2) is 24.1 Å². The van der Waals surface area contributed by atoms with Crippen LogP contribution < -0.4 is 0 Å². The summed E-state index contributed by atoms with van der Waals surface area (Å²) in [7, 11) is 0. The third kappa shape index (κ3) is 1.46. The highest BCUT2D eigenvalue weighted by Crippen LogP contribution is 2.63. The van der Waals surface area contributed by atoms with E-state index in [9.17, 15) is 14.4 Å². The molecule has 2 saturated carbocycles. The van der Waals surface area contributed by atoms with Gasteiger partial charge in [0.2, 0.25) is 11.6 Å². The first-order chi connectivity index (χ1) is 7.83. The Balaban J connectivity index is 2.20. The number of hydrogen-bond donors (Lipinski definition) is 0. The first-order valence-corrected chi connectivity index (χ1v) is 6.05. The summed E-state index contributed by atoms with van der Waals surface area (Å²) >= 11 is 0. The van der Waals surface area contributed by atoms with Crippen molar-refractivity contribution in [2.75, 3.05) is 6.61 Å². The zero-order chi connectivity index (χ0) is 12.8. The molecular weight excluding hydrogens is 220 g/mol. The quantitative estimate of drug-likeness (QED) is 0.552. The normalized spacial score (nSPS) is 34.2. The van der Waals surface area contributed by atoms with Crippen LogP contribution in [0.15, 0.2) is 0 Å². The van der Waals surface area contributed by atoms with Gasteiger partial charge in [-0.2, -0.15) is 0 Å². The lowest BCUT2D eigenvalue weighted by atomic mass is 9.67. The van der Waals surface area contributed by atoms with Crippen molar-refractivity contribution >= 4 is 17.5 Å². The Kier molecular flexibility index (Phi) is 2.64. The van der Waals surface area contributed by atoms with Crippen LogP contribution >= 0.6 is 0 Å². The number of esters is 1. The molecule has 0 aromatic carbocycles. The molecule has 94 valence electrons. The molecule has 17 heavy (non-hydrogen) atoms. The van der Waals surface area contributed by atoms with Gasteiger partial charge >= 0.3 is 5.97 Å². The topological polar surface area (TPSA) is 60.4 Å². The molecule has 0 unspecified atom stereocenters. The zero-order valence-corrected chi connectivity index (χ0v) is 10.5. The van der Waals surface area contributed by atoms with E-state index in [2.05, 4.69) is 0 Å². The van der Waals surface area contributed by atoms with Crippen molar-refractivity contribution < 1.29 is 19.1 Å². The maximum atomic E-state index is 12.1. The van der Waals surface area contributed by atoms with Gasteiger partial charge in [0.25, 0.3) is 0 Å². The molecule has 2 aliphatic carbocycles. The van der Waals surface area contributed by atoms with E-state index in [1.165, 1.54) is 6.92 Å². The summed E-state index contributed by atoms with van der Waals surface area (Å²) < 4.78 is 4.92. The molecule has 0 N–H and O–H groups in total. The fraction of sp³-hybridized carbons (Fsp3) is 0.769. The van der Waals surface area contributed by atoms with E-state index < -0.39 is 5.41 Å². The highest BCUT2D eigenvalue weighted by atomic mass is 16.5. The Morgan fingerprint density at radius 2 is 2.06 bits per heavy atom. The minimum absolute atomic E-state index is 0.132. The number of Topliss-reactive ketones (excluding diaryl/α,β-unsaturated/α-hetero) is 2. The summed E-state index contributed by atoms with van der Waals surface area (Å²) in [6.07, 6.45) is 2.01. The van der Waals surface area contributed by atoms with Gasteiger partial charge < -0.3 is 4.74 Å². The van der Waals surface area contributed by atoms with Gasteiger partial charge in [0.15, 0.2) is 0 Å². The summed E-state index contributed by atoms with van der Waals surface area (Å²) in [5.74, 6) is -0.937. The van der Waals surface area contributed by atoms with E-state index in [-0.39, 0.29) is 35.5 Å². The smallest absolute Gasteiger partial charge is 0.302 e. The van der Waals surface area contributed by atoms with Gasteiger partial charge in [0.05, 0.1) is 6.61 Å². The van der Waals surface area contributed by atoms with Crippen LogP contribution in [0.4, 0.5) is 0 Å². The van der Waals surface area contributed by atoms with Gasteiger partial charge in [-0.3, -0.25) is 14.4 Å². The molecule has 2 rings (SSSR count). The number of fused-ring (bicyclic) bond motifs is 2. The monoisotopic (exact) mass is 238 g/mol. The van der Waals surface area contributed by atoms with Gasteiger partial charge in [-0.15, -0.1) is 0 Å². The van der Waals surface area contributed by atoms with Gasteiger partial charge in [-0.05, 0) is 24.7 Å². The van der Waals surface area contributed by atoms with Gasteiger partial charge in [0.1, 0.15) is 0 Å². The summed E-state index contributed by atoms with van der Waals surface area (Å²) in [5, 5.41) is 0. The van der Waals surface area contributed by atoms with E-state index in [4.69, 9.17) is 4.74 Å². The number of hydrogen-bond acceptors (Lipinski definition) is 4. The SMILES string of the molecule is CC(=O)OCC[C@]12CC[C@H](C(=O)C1=O)C2(C)C. The Hall–Kier alpha value is -1.19. The van der Waals surface area contributed by atoms with Crippen molar-refractivity contribution in [2.24, 2.45) is 16.7 Å². The molecule has 2 fully saturated rings. The van der Waals surface area contributed by atoms with Crippen molar-refractivity contribution in [3.05, 3.63) is 0 Å². The fourth-order valence-electron chi connectivity index (χ4n) is 3.60. The van der Waals surface area contributed by atoms with Crippen LogP contribution in [0.25, 0.3) is 0 Å². The van der Waals surface area contributed by atoms with Crippen molar-refractivity contribution in [1.29, 1.82) is 0 Å². The lowest BCUT2D eigenvalue weighted by Gasteiger charge is -2.35. The zero-order valence-electron chi connectivity index (χ0n) is 10.5. The minimum atomic E-state index is -0.593. The maximum absolute atomic E-state index is 12.1. The highest BCUT2D eigenvalue weighted by molar-refractivity contribution is 6.43. The lowest BCUT2D eigenvalue weighted by Crippen LogP contribution is -2.38. The van der Waals surface area contributed by atoms with Crippen LogP contribution in [0.2, 0.25) is 0 Å². The Bertz CT molecular complexity index is 396. The van der Waals surface area contributed by atoms with Crippen molar-refractivity contribution in [3.8, 4) is 0 Å². The summed E-state index contributed by atoms with van der Waals surface area (Å²) in [6.45, 7) is 5.55. The lowest BCUT2D eigenvalue weighted by molar-refractivity contribution is -0.146.